The van der Waals surface area contributed by atoms with Crippen molar-refractivity contribution in [3.8, 4) is 0 Å². The Labute approximate surface area is 133 Å². The molecule has 0 aliphatic rings. The predicted octanol–water partition coefficient (Wildman–Crippen LogP) is 2.84. The van der Waals surface area contributed by atoms with Crippen LogP contribution in [0.25, 0.3) is 10.9 Å². The van der Waals surface area contributed by atoms with Crippen molar-refractivity contribution in [2.45, 2.75) is 6.42 Å². The summed E-state index contributed by atoms with van der Waals surface area (Å²) in [6, 6.07) is 14.2. The van der Waals surface area contributed by atoms with Gasteiger partial charge in [-0.05, 0) is 36.2 Å². The molecule has 0 radical (unpaired) electrons. The molecule has 0 saturated carbocycles. The van der Waals surface area contributed by atoms with Crippen molar-refractivity contribution < 1.29 is 14.7 Å². The fraction of sp³-hybridized carbons (Fsp3) is 0.111. The van der Waals surface area contributed by atoms with Crippen LogP contribution in [0.5, 0.6) is 0 Å². The lowest BCUT2D eigenvalue weighted by Gasteiger charge is -2.07. The number of aromatic carboxylic acids is 1. The summed E-state index contributed by atoms with van der Waals surface area (Å²) in [5, 5.41) is 12.8. The van der Waals surface area contributed by atoms with E-state index in [4.69, 9.17) is 5.11 Å². The smallest absolute Gasteiger partial charge is 0.335 e. The molecule has 5 nitrogen and oxygen atoms in total. The number of rotatable bonds is 5. The monoisotopic (exact) mass is 308 g/mol. The fourth-order valence-corrected chi connectivity index (χ4v) is 2.50. The molecular weight excluding hydrogens is 292 g/mol. The first-order chi connectivity index (χ1) is 11.1. The van der Waals surface area contributed by atoms with Crippen LogP contribution < -0.4 is 5.32 Å². The second kappa shape index (κ2) is 6.36. The highest BCUT2D eigenvalue weighted by atomic mass is 16.4. The summed E-state index contributed by atoms with van der Waals surface area (Å²) in [6.07, 6.45) is 2.46. The van der Waals surface area contributed by atoms with Gasteiger partial charge in [0.05, 0.1) is 16.6 Å². The second-order valence-corrected chi connectivity index (χ2v) is 5.26. The Morgan fingerprint density at radius 3 is 2.57 bits per heavy atom. The van der Waals surface area contributed by atoms with Gasteiger partial charge >= 0.3 is 5.97 Å². The molecule has 23 heavy (non-hydrogen) atoms. The van der Waals surface area contributed by atoms with E-state index < -0.39 is 5.97 Å². The minimum absolute atomic E-state index is 0.125. The lowest BCUT2D eigenvalue weighted by atomic mass is 10.1. The predicted molar refractivity (Wildman–Crippen MR) is 87.7 cm³/mol. The van der Waals surface area contributed by atoms with Gasteiger partial charge in [-0.25, -0.2) is 4.79 Å². The molecule has 1 aromatic heterocycles. The van der Waals surface area contributed by atoms with E-state index in [0.717, 1.165) is 16.5 Å². The molecule has 0 bridgehead atoms. The first-order valence-corrected chi connectivity index (χ1v) is 7.32. The summed E-state index contributed by atoms with van der Waals surface area (Å²) in [6.45, 7) is 0.488. The second-order valence-electron chi connectivity index (χ2n) is 5.26. The highest BCUT2D eigenvalue weighted by Gasteiger charge is 2.10. The molecule has 1 amide bonds. The number of carbonyl (C=O) groups excluding carboxylic acids is 1. The highest BCUT2D eigenvalue weighted by molar-refractivity contribution is 6.05. The molecule has 0 aliphatic heterocycles. The third-order valence-corrected chi connectivity index (χ3v) is 3.73. The van der Waals surface area contributed by atoms with Gasteiger partial charge in [-0.2, -0.15) is 0 Å². The van der Waals surface area contributed by atoms with Gasteiger partial charge in [0.25, 0.3) is 5.91 Å². The van der Waals surface area contributed by atoms with Crippen LogP contribution in [0.4, 0.5) is 0 Å². The number of carboxylic acids is 1. The van der Waals surface area contributed by atoms with Crippen molar-refractivity contribution in [2.75, 3.05) is 6.54 Å². The molecule has 3 aromatic rings. The number of hydrogen-bond acceptors (Lipinski definition) is 2. The van der Waals surface area contributed by atoms with Crippen molar-refractivity contribution in [1.29, 1.82) is 0 Å². The molecule has 5 heteroatoms. The van der Waals surface area contributed by atoms with Crippen molar-refractivity contribution in [1.82, 2.24) is 10.3 Å². The number of nitrogens with one attached hydrogen (secondary N) is 2. The molecule has 0 atom stereocenters. The summed E-state index contributed by atoms with van der Waals surface area (Å²) in [4.78, 5) is 26.2. The van der Waals surface area contributed by atoms with E-state index in [1.54, 1.807) is 30.3 Å². The van der Waals surface area contributed by atoms with Crippen molar-refractivity contribution in [3.05, 3.63) is 71.4 Å². The summed E-state index contributed by atoms with van der Waals surface area (Å²) in [5.74, 6) is -1.07. The minimum atomic E-state index is -0.941. The molecular formula is C18H16N2O3. The van der Waals surface area contributed by atoms with Crippen LogP contribution in [0.1, 0.15) is 26.3 Å². The molecule has 0 unspecified atom stereocenters. The van der Waals surface area contributed by atoms with Gasteiger partial charge < -0.3 is 15.4 Å². The molecule has 0 fully saturated rings. The van der Waals surface area contributed by atoms with Gasteiger partial charge in [-0.1, -0.05) is 24.3 Å². The van der Waals surface area contributed by atoms with Crippen LogP contribution in [-0.4, -0.2) is 28.5 Å². The quantitative estimate of drug-likeness (QED) is 0.678. The third kappa shape index (κ3) is 3.23. The number of amides is 1. The Bertz CT molecular complexity index is 850. The first kappa shape index (κ1) is 14.8. The number of carboxylic acid groups (broad SMARTS) is 1. The van der Waals surface area contributed by atoms with Crippen LogP contribution in [0, 0.1) is 0 Å². The highest BCUT2D eigenvalue weighted by Crippen LogP contribution is 2.16. The zero-order valence-electron chi connectivity index (χ0n) is 12.4. The molecule has 1 heterocycles. The maximum Gasteiger partial charge on any atom is 0.335 e. The molecule has 0 spiro atoms. The summed E-state index contributed by atoms with van der Waals surface area (Å²) < 4.78 is 0. The van der Waals surface area contributed by atoms with E-state index in [2.05, 4.69) is 10.3 Å². The van der Waals surface area contributed by atoms with Gasteiger partial charge in [-0.3, -0.25) is 4.79 Å². The van der Waals surface area contributed by atoms with Crippen LogP contribution in [0.15, 0.2) is 54.7 Å². The van der Waals surface area contributed by atoms with Crippen LogP contribution in [0.3, 0.4) is 0 Å². The van der Waals surface area contributed by atoms with Gasteiger partial charge in [0.2, 0.25) is 0 Å². The van der Waals surface area contributed by atoms with E-state index in [0.29, 0.717) is 18.5 Å². The average Bonchev–Trinajstić information content (AvgIpc) is 3.03. The van der Waals surface area contributed by atoms with E-state index >= 15 is 0 Å². The average molecular weight is 308 g/mol. The molecule has 3 rings (SSSR count). The topological polar surface area (TPSA) is 82.2 Å². The zero-order valence-corrected chi connectivity index (χ0v) is 12.4. The molecule has 2 aromatic carbocycles. The van der Waals surface area contributed by atoms with Gasteiger partial charge in [-0.15, -0.1) is 0 Å². The van der Waals surface area contributed by atoms with Crippen molar-refractivity contribution >= 4 is 22.8 Å². The van der Waals surface area contributed by atoms with Gasteiger partial charge in [0, 0.05) is 18.1 Å². The lowest BCUT2D eigenvalue weighted by Crippen LogP contribution is -2.25. The largest absolute Gasteiger partial charge is 0.478 e. The Kier molecular flexibility index (Phi) is 4.10. The first-order valence-electron chi connectivity index (χ1n) is 7.32. The maximum absolute atomic E-state index is 12.3. The van der Waals surface area contributed by atoms with E-state index in [1.807, 2.05) is 24.4 Å². The van der Waals surface area contributed by atoms with E-state index in [-0.39, 0.29) is 11.5 Å². The van der Waals surface area contributed by atoms with E-state index in [9.17, 15) is 9.59 Å². The SMILES string of the molecule is O=C(O)c1ccc(CCNC(=O)c2cccc3cc[nH]c23)cc1. The maximum atomic E-state index is 12.3. The Morgan fingerprint density at radius 1 is 1.04 bits per heavy atom. The third-order valence-electron chi connectivity index (χ3n) is 3.73. The number of carbonyl (C=O) groups is 2. The molecule has 3 N–H and O–H groups in total. The number of hydrogen-bond donors (Lipinski definition) is 3. The Hall–Kier alpha value is -3.08. The minimum Gasteiger partial charge on any atom is -0.478 e. The summed E-state index contributed by atoms with van der Waals surface area (Å²) in [7, 11) is 0. The Morgan fingerprint density at radius 2 is 1.83 bits per heavy atom. The fourth-order valence-electron chi connectivity index (χ4n) is 2.50. The van der Waals surface area contributed by atoms with Crippen LogP contribution in [-0.2, 0) is 6.42 Å². The summed E-state index contributed by atoms with van der Waals surface area (Å²) >= 11 is 0. The van der Waals surface area contributed by atoms with Crippen LogP contribution >= 0.6 is 0 Å². The number of para-hydroxylation sites is 1. The molecule has 0 aliphatic carbocycles. The number of benzene rings is 2. The Balaban J connectivity index is 1.61. The standard InChI is InChI=1S/C18H16N2O3/c21-17(15-3-1-2-13-9-11-19-16(13)15)20-10-8-12-4-6-14(7-5-12)18(22)23/h1-7,9,11,19H,8,10H2,(H,20,21)(H,22,23). The number of H-pyrrole nitrogens is 1. The zero-order chi connectivity index (χ0) is 16.2. The van der Waals surface area contributed by atoms with Gasteiger partial charge in [0.1, 0.15) is 0 Å². The number of fused-ring (bicyclic) bond motifs is 1. The van der Waals surface area contributed by atoms with Gasteiger partial charge in [0.15, 0.2) is 0 Å². The van der Waals surface area contributed by atoms with E-state index in [1.165, 1.54) is 0 Å². The molecule has 0 saturated heterocycles. The van der Waals surface area contributed by atoms with Crippen LogP contribution in [0.2, 0.25) is 0 Å². The normalized spacial score (nSPS) is 10.6. The lowest BCUT2D eigenvalue weighted by molar-refractivity contribution is 0.0696. The van der Waals surface area contributed by atoms with Crippen molar-refractivity contribution in [2.24, 2.45) is 0 Å². The number of aromatic amines is 1. The van der Waals surface area contributed by atoms with Crippen molar-refractivity contribution in [3.63, 3.8) is 0 Å². The molecule has 116 valence electrons. The summed E-state index contributed by atoms with van der Waals surface area (Å²) in [5.41, 5.74) is 2.69. The number of aromatic nitrogens is 1.